The number of sulfonamides is 1. The lowest BCUT2D eigenvalue weighted by molar-refractivity contribution is -0.384. The van der Waals surface area contributed by atoms with E-state index in [0.717, 1.165) is 4.31 Å². The highest BCUT2D eigenvalue weighted by Crippen LogP contribution is 2.29. The van der Waals surface area contributed by atoms with Gasteiger partial charge in [-0.3, -0.25) is 14.9 Å². The quantitative estimate of drug-likeness (QED) is 0.404. The average Bonchev–Trinajstić information content (AvgIpc) is 3.25. The number of aromatic nitrogens is 2. The van der Waals surface area contributed by atoms with Crippen LogP contribution in [0.4, 0.5) is 11.4 Å². The van der Waals surface area contributed by atoms with Crippen molar-refractivity contribution >= 4 is 27.3 Å². The van der Waals surface area contributed by atoms with Crippen LogP contribution in [0.1, 0.15) is 17.4 Å². The van der Waals surface area contributed by atoms with Crippen LogP contribution < -0.4 is 10.1 Å². The number of non-ortho nitro benzene ring substituents is 1. The van der Waals surface area contributed by atoms with Gasteiger partial charge in [0.2, 0.25) is 10.0 Å². The first-order valence-electron chi connectivity index (χ1n) is 9.44. The molecule has 1 heterocycles. The Morgan fingerprint density at radius 2 is 1.88 bits per heavy atom. The molecule has 3 rings (SSSR count). The van der Waals surface area contributed by atoms with Gasteiger partial charge in [-0.05, 0) is 43.3 Å². The molecule has 0 radical (unpaired) electrons. The van der Waals surface area contributed by atoms with Gasteiger partial charge in [-0.1, -0.05) is 0 Å². The predicted octanol–water partition coefficient (Wildman–Crippen LogP) is 2.68. The van der Waals surface area contributed by atoms with Crippen LogP contribution in [-0.2, 0) is 10.0 Å². The minimum absolute atomic E-state index is 0.0575. The van der Waals surface area contributed by atoms with E-state index in [1.807, 2.05) is 0 Å². The second kappa shape index (κ2) is 9.16. The van der Waals surface area contributed by atoms with E-state index in [1.165, 1.54) is 73.5 Å². The highest BCUT2D eigenvalue weighted by molar-refractivity contribution is 7.89. The first-order valence-corrected chi connectivity index (χ1v) is 10.9. The van der Waals surface area contributed by atoms with Crippen molar-refractivity contribution in [2.45, 2.75) is 11.8 Å². The number of rotatable bonds is 8. The number of nitro benzene ring substituents is 1. The molecule has 11 nitrogen and oxygen atoms in total. The molecule has 1 aromatic heterocycles. The zero-order valence-corrected chi connectivity index (χ0v) is 18.4. The van der Waals surface area contributed by atoms with Gasteiger partial charge in [-0.25, -0.2) is 17.4 Å². The zero-order valence-electron chi connectivity index (χ0n) is 17.5. The molecule has 0 aliphatic rings. The summed E-state index contributed by atoms with van der Waals surface area (Å²) in [5.41, 5.74) is 0.811. The molecular weight excluding hydrogens is 438 g/mol. The number of hydrogen-bond acceptors (Lipinski definition) is 7. The smallest absolute Gasteiger partial charge is 0.276 e. The monoisotopic (exact) mass is 459 g/mol. The Bertz CT molecular complexity index is 1250. The summed E-state index contributed by atoms with van der Waals surface area (Å²) in [4.78, 5) is 22.8. The molecule has 0 atom stereocenters. The van der Waals surface area contributed by atoms with Crippen molar-refractivity contribution in [1.29, 1.82) is 0 Å². The molecule has 0 saturated heterocycles. The van der Waals surface area contributed by atoms with Crippen LogP contribution in [-0.4, -0.2) is 54.0 Å². The number of ether oxygens (including phenoxy) is 1. The largest absolute Gasteiger partial charge is 0.492 e. The first-order chi connectivity index (χ1) is 15.1. The molecule has 0 spiro atoms. The zero-order chi connectivity index (χ0) is 23.5. The third-order valence-corrected chi connectivity index (χ3v) is 6.24. The molecule has 0 fully saturated rings. The van der Waals surface area contributed by atoms with E-state index < -0.39 is 20.9 Å². The Hall–Kier alpha value is -3.77. The standard InChI is InChI=1S/C20H21N5O6S/c1-4-31-18-10-5-14(13-19(18)32(29,30)23(2)3)21-20(26)17-11-12-24(22-17)15-6-8-16(9-7-15)25(27)28/h5-13H,4H2,1-3H3,(H,21,26). The van der Waals surface area contributed by atoms with E-state index in [-0.39, 0.29) is 34.3 Å². The van der Waals surface area contributed by atoms with Crippen molar-refractivity contribution in [2.75, 3.05) is 26.0 Å². The molecule has 0 bridgehead atoms. The summed E-state index contributed by atoms with van der Waals surface area (Å²) in [6.45, 7) is 2.02. The lowest BCUT2D eigenvalue weighted by atomic mass is 10.3. The van der Waals surface area contributed by atoms with Crippen molar-refractivity contribution in [3.05, 3.63) is 70.5 Å². The van der Waals surface area contributed by atoms with Crippen molar-refractivity contribution < 1.29 is 22.9 Å². The summed E-state index contributed by atoms with van der Waals surface area (Å²) in [6, 6.07) is 11.5. The van der Waals surface area contributed by atoms with Gasteiger partial charge in [0.05, 0.1) is 17.2 Å². The molecule has 32 heavy (non-hydrogen) atoms. The maximum Gasteiger partial charge on any atom is 0.276 e. The Morgan fingerprint density at radius 3 is 2.47 bits per heavy atom. The number of carbonyl (C=O) groups is 1. The van der Waals surface area contributed by atoms with Crippen LogP contribution in [0.25, 0.3) is 5.69 Å². The van der Waals surface area contributed by atoms with Crippen LogP contribution in [0.5, 0.6) is 5.75 Å². The van der Waals surface area contributed by atoms with Gasteiger partial charge in [0, 0.05) is 38.1 Å². The van der Waals surface area contributed by atoms with Gasteiger partial charge in [0.25, 0.3) is 11.6 Å². The molecule has 0 saturated carbocycles. The van der Waals surface area contributed by atoms with E-state index in [4.69, 9.17) is 4.74 Å². The fourth-order valence-corrected chi connectivity index (χ4v) is 3.82. The Balaban J connectivity index is 1.84. The Labute approximate surface area is 184 Å². The van der Waals surface area contributed by atoms with Crippen molar-refractivity contribution in [1.82, 2.24) is 14.1 Å². The summed E-state index contributed by atoms with van der Waals surface area (Å²) < 4.78 is 33.2. The van der Waals surface area contributed by atoms with Crippen LogP contribution in [0, 0.1) is 10.1 Å². The normalized spacial score (nSPS) is 11.4. The topological polar surface area (TPSA) is 137 Å². The molecule has 0 aliphatic carbocycles. The molecular formula is C20H21N5O6S. The summed E-state index contributed by atoms with van der Waals surface area (Å²) in [5.74, 6) is -0.371. The summed E-state index contributed by atoms with van der Waals surface area (Å²) >= 11 is 0. The highest BCUT2D eigenvalue weighted by atomic mass is 32.2. The van der Waals surface area contributed by atoms with Gasteiger partial charge in [-0.15, -0.1) is 0 Å². The molecule has 1 amide bonds. The van der Waals surface area contributed by atoms with E-state index >= 15 is 0 Å². The third kappa shape index (κ3) is 4.76. The SMILES string of the molecule is CCOc1ccc(NC(=O)c2ccn(-c3ccc([N+](=O)[O-])cc3)n2)cc1S(=O)(=O)N(C)C. The van der Waals surface area contributed by atoms with E-state index in [0.29, 0.717) is 5.69 Å². The number of carbonyl (C=O) groups excluding carboxylic acids is 1. The lowest BCUT2D eigenvalue weighted by Gasteiger charge is -2.16. The molecule has 0 aliphatic heterocycles. The van der Waals surface area contributed by atoms with Gasteiger partial charge in [0.1, 0.15) is 10.6 Å². The first kappa shape index (κ1) is 22.9. The van der Waals surface area contributed by atoms with Gasteiger partial charge in [0.15, 0.2) is 5.69 Å². The fourth-order valence-electron chi connectivity index (χ4n) is 2.77. The third-order valence-electron chi connectivity index (χ3n) is 4.41. The van der Waals surface area contributed by atoms with E-state index in [1.54, 1.807) is 6.92 Å². The van der Waals surface area contributed by atoms with E-state index in [2.05, 4.69) is 10.4 Å². The van der Waals surface area contributed by atoms with Gasteiger partial charge in [-0.2, -0.15) is 5.10 Å². The predicted molar refractivity (Wildman–Crippen MR) is 117 cm³/mol. The van der Waals surface area contributed by atoms with E-state index in [9.17, 15) is 23.3 Å². The maximum atomic E-state index is 12.6. The van der Waals surface area contributed by atoms with Crippen molar-refractivity contribution in [3.63, 3.8) is 0 Å². The number of benzene rings is 2. The lowest BCUT2D eigenvalue weighted by Crippen LogP contribution is -2.23. The summed E-state index contributed by atoms with van der Waals surface area (Å²) in [5, 5.41) is 17.6. The fraction of sp³-hybridized carbons (Fsp3) is 0.200. The number of nitro groups is 1. The molecule has 0 unspecified atom stereocenters. The number of nitrogens with one attached hydrogen (secondary N) is 1. The minimum atomic E-state index is -3.80. The van der Waals surface area contributed by atoms with Crippen molar-refractivity contribution in [2.24, 2.45) is 0 Å². The van der Waals surface area contributed by atoms with Crippen LogP contribution in [0.15, 0.2) is 59.6 Å². The molecule has 12 heteroatoms. The van der Waals surface area contributed by atoms with Gasteiger partial charge < -0.3 is 10.1 Å². The maximum absolute atomic E-state index is 12.6. The minimum Gasteiger partial charge on any atom is -0.492 e. The second-order valence-corrected chi connectivity index (χ2v) is 8.88. The average molecular weight is 459 g/mol. The molecule has 168 valence electrons. The van der Waals surface area contributed by atoms with Gasteiger partial charge >= 0.3 is 0 Å². The molecule has 1 N–H and O–H groups in total. The second-order valence-electron chi connectivity index (χ2n) is 6.76. The Morgan fingerprint density at radius 1 is 1.19 bits per heavy atom. The number of amides is 1. The molecule has 3 aromatic rings. The van der Waals surface area contributed by atoms with Crippen LogP contribution in [0.3, 0.4) is 0 Å². The highest BCUT2D eigenvalue weighted by Gasteiger charge is 2.23. The Kier molecular flexibility index (Phi) is 6.55. The summed E-state index contributed by atoms with van der Waals surface area (Å²) in [7, 11) is -0.997. The molecule has 2 aromatic carbocycles. The number of nitrogens with zero attached hydrogens (tertiary/aromatic N) is 4. The number of anilines is 1. The van der Waals surface area contributed by atoms with Crippen LogP contribution in [0.2, 0.25) is 0 Å². The number of hydrogen-bond donors (Lipinski definition) is 1. The van der Waals surface area contributed by atoms with Crippen LogP contribution >= 0.6 is 0 Å². The van der Waals surface area contributed by atoms with Crippen molar-refractivity contribution in [3.8, 4) is 11.4 Å². The summed E-state index contributed by atoms with van der Waals surface area (Å²) in [6.07, 6.45) is 1.54.